The molecular weight excluding hydrogens is 484 g/mol. The molecule has 0 amide bonds. The number of benzene rings is 1. The van der Waals surface area contributed by atoms with E-state index in [0.29, 0.717) is 6.42 Å². The first-order chi connectivity index (χ1) is 17.8. The second-order valence-corrected chi connectivity index (χ2v) is 9.83. The molecular formula is C26H28N2O9. The van der Waals surface area contributed by atoms with Crippen LogP contribution in [-0.2, 0) is 25.4 Å². The van der Waals surface area contributed by atoms with Gasteiger partial charge in [-0.15, -0.1) is 6.58 Å². The van der Waals surface area contributed by atoms with Crippen LogP contribution in [0, 0.1) is 17.8 Å². The van der Waals surface area contributed by atoms with Gasteiger partial charge in [-0.3, -0.25) is 4.79 Å². The van der Waals surface area contributed by atoms with Crippen molar-refractivity contribution in [3.05, 3.63) is 54.9 Å². The number of aromatic nitrogens is 2. The summed E-state index contributed by atoms with van der Waals surface area (Å²) in [6.45, 7) is 3.29. The van der Waals surface area contributed by atoms with Crippen molar-refractivity contribution in [3.63, 3.8) is 0 Å². The molecule has 5 N–H and O–H groups in total. The van der Waals surface area contributed by atoms with Crippen LogP contribution < -0.4 is 0 Å². The molecule has 5 heterocycles. The molecule has 11 heteroatoms. The molecule has 0 aromatic heterocycles. The average molecular weight is 513 g/mol. The molecule has 2 fully saturated rings. The van der Waals surface area contributed by atoms with Crippen molar-refractivity contribution in [1.29, 1.82) is 0 Å². The number of aliphatic hydroxyl groups excluding tert-OH is 4. The van der Waals surface area contributed by atoms with Gasteiger partial charge in [0.1, 0.15) is 30.3 Å². The summed E-state index contributed by atoms with van der Waals surface area (Å²) in [5.41, 5.74) is 3.45. The Morgan fingerprint density at radius 3 is 2.65 bits per heavy atom. The number of para-hydroxylation sites is 1. The molecule has 5 aliphatic rings. The summed E-state index contributed by atoms with van der Waals surface area (Å²) in [6, 6.07) is 9.69. The topological polar surface area (TPSA) is 164 Å². The van der Waals surface area contributed by atoms with E-state index < -0.39 is 73.6 Å². The molecule has 0 saturated carbocycles. The Balaban J connectivity index is 1.38. The molecule has 0 unspecified atom stereocenters. The van der Waals surface area contributed by atoms with Crippen LogP contribution in [0.15, 0.2) is 49.2 Å². The van der Waals surface area contributed by atoms with E-state index in [0.717, 1.165) is 27.9 Å². The van der Waals surface area contributed by atoms with Gasteiger partial charge in [-0.2, -0.15) is 0 Å². The van der Waals surface area contributed by atoms with E-state index >= 15 is 0 Å². The van der Waals surface area contributed by atoms with Gasteiger partial charge < -0.3 is 44.3 Å². The maximum Gasteiger partial charge on any atom is 0.311 e. The fourth-order valence-electron chi connectivity index (χ4n) is 6.02. The Morgan fingerprint density at radius 1 is 1.14 bits per heavy atom. The number of carboxylic acid groups (broad SMARTS) is 1. The van der Waals surface area contributed by atoms with E-state index in [1.807, 2.05) is 30.3 Å². The zero-order chi connectivity index (χ0) is 26.0. The quantitative estimate of drug-likeness (QED) is 0.304. The molecule has 11 nitrogen and oxygen atoms in total. The molecule has 6 rings (SSSR count). The maximum atomic E-state index is 12.4. The number of carboxylic acids is 1. The molecule has 0 radical (unpaired) electrons. The molecule has 2 saturated heterocycles. The van der Waals surface area contributed by atoms with Gasteiger partial charge in [0.25, 0.3) is 0 Å². The van der Waals surface area contributed by atoms with E-state index in [-0.39, 0.29) is 0 Å². The third-order valence-electron chi connectivity index (χ3n) is 7.90. The largest absolute Gasteiger partial charge is 0.481 e. The second kappa shape index (κ2) is 9.14. The number of pyridine rings is 1. The Kier molecular flexibility index (Phi) is 6.03. The van der Waals surface area contributed by atoms with Crippen molar-refractivity contribution < 1.29 is 44.5 Å². The smallest absolute Gasteiger partial charge is 0.311 e. The van der Waals surface area contributed by atoms with E-state index in [1.54, 1.807) is 16.8 Å². The van der Waals surface area contributed by atoms with Crippen molar-refractivity contribution in [3.8, 4) is 11.3 Å². The standard InChI is InChI=1S/C26H28N2O9/c1-2-11-14-9-16-19-13(12-5-3-4-6-15(12)27-19)7-8-28(16)23(18(14)24(33)34)36-25(11)37-26-22(32)21(31)20(30)17(10-29)35-26/h2-8,11,14,17-18,20-23,25-26,29-32H,1,9-10H2,(H,33,34)/t11-,14-,17-,18-,20-,21+,22-,23+,25+,26+/m0/s1. The zero-order valence-electron chi connectivity index (χ0n) is 19.7. The minimum absolute atomic E-state index is 0.364. The van der Waals surface area contributed by atoms with Gasteiger partial charge >= 0.3 is 5.97 Å². The summed E-state index contributed by atoms with van der Waals surface area (Å²) in [5, 5.41) is 51.4. The molecule has 5 aliphatic heterocycles. The Bertz CT molecular complexity index is 1310. The Labute approximate surface area is 211 Å². The van der Waals surface area contributed by atoms with Gasteiger partial charge in [-0.25, -0.2) is 4.98 Å². The number of hydrogen-bond acceptors (Lipinski definition) is 9. The lowest BCUT2D eigenvalue weighted by molar-refractivity contribution is -0.367. The number of nitrogens with zero attached hydrogens (tertiary/aromatic N) is 2. The fraction of sp³-hybridized carbons (Fsp3) is 0.462. The monoisotopic (exact) mass is 512 g/mol. The van der Waals surface area contributed by atoms with E-state index in [4.69, 9.17) is 19.2 Å². The summed E-state index contributed by atoms with van der Waals surface area (Å²) in [7, 11) is 0. The van der Waals surface area contributed by atoms with Crippen molar-refractivity contribution in [2.24, 2.45) is 17.8 Å². The summed E-state index contributed by atoms with van der Waals surface area (Å²) >= 11 is 0. The predicted octanol–water partition coefficient (Wildman–Crippen LogP) is 0.488. The van der Waals surface area contributed by atoms with Crippen LogP contribution in [0.3, 0.4) is 0 Å². The number of ether oxygens (including phenoxy) is 3. The van der Waals surface area contributed by atoms with Gasteiger partial charge in [0.15, 0.2) is 18.8 Å². The summed E-state index contributed by atoms with van der Waals surface area (Å²) in [4.78, 5) is 17.2. The molecule has 1 aromatic rings. The summed E-state index contributed by atoms with van der Waals surface area (Å²) < 4.78 is 19.4. The summed E-state index contributed by atoms with van der Waals surface area (Å²) in [5.74, 6) is -3.02. The molecule has 2 bridgehead atoms. The molecule has 37 heavy (non-hydrogen) atoms. The Morgan fingerprint density at radius 2 is 1.92 bits per heavy atom. The SMILES string of the molecule is C=C[C@@H]1[C@@H](O[C@H]2O[C@@H](CO)[C@H](O)[C@@H](O)[C@@H]2O)O[C@@H]2[C@@H](C(=O)O)[C@H]1Cc1c3nc4ccccc4c-3ccn12. The number of fused-ring (bicyclic) bond motifs is 8. The number of aliphatic hydroxyl groups is 4. The third-order valence-corrected chi connectivity index (χ3v) is 7.90. The number of rotatable bonds is 5. The first-order valence-electron chi connectivity index (χ1n) is 12.2. The van der Waals surface area contributed by atoms with Crippen LogP contribution in [0.4, 0.5) is 0 Å². The number of aliphatic carboxylic acids is 1. The van der Waals surface area contributed by atoms with Crippen molar-refractivity contribution in [2.75, 3.05) is 6.61 Å². The van der Waals surface area contributed by atoms with E-state index in [2.05, 4.69) is 6.58 Å². The number of hydrogen-bond donors (Lipinski definition) is 5. The summed E-state index contributed by atoms with van der Waals surface area (Å²) in [6.07, 6.45) is -5.65. The van der Waals surface area contributed by atoms with Gasteiger partial charge in [0.2, 0.25) is 0 Å². The lowest BCUT2D eigenvalue weighted by atomic mass is 9.72. The number of carbonyl (C=O) groups is 1. The van der Waals surface area contributed by atoms with Crippen molar-refractivity contribution >= 4 is 16.9 Å². The lowest BCUT2D eigenvalue weighted by Crippen LogP contribution is -2.61. The molecule has 196 valence electrons. The average Bonchev–Trinajstić information content (AvgIpc) is 3.28. The molecule has 0 aliphatic carbocycles. The van der Waals surface area contributed by atoms with Crippen LogP contribution in [0.2, 0.25) is 0 Å². The normalized spacial score (nSPS) is 37.4. The highest BCUT2D eigenvalue weighted by atomic mass is 16.8. The molecule has 10 atom stereocenters. The van der Waals surface area contributed by atoms with Crippen LogP contribution in [0.5, 0.6) is 0 Å². The highest BCUT2D eigenvalue weighted by molar-refractivity contribution is 5.97. The van der Waals surface area contributed by atoms with Crippen LogP contribution in [0.25, 0.3) is 22.2 Å². The third kappa shape index (κ3) is 3.69. The predicted molar refractivity (Wildman–Crippen MR) is 127 cm³/mol. The van der Waals surface area contributed by atoms with E-state index in [1.165, 1.54) is 0 Å². The first-order valence-corrected chi connectivity index (χ1v) is 12.2. The highest BCUT2D eigenvalue weighted by Crippen LogP contribution is 2.50. The lowest BCUT2D eigenvalue weighted by Gasteiger charge is -2.50. The minimum atomic E-state index is -1.62. The van der Waals surface area contributed by atoms with Gasteiger partial charge in [-0.1, -0.05) is 24.3 Å². The van der Waals surface area contributed by atoms with Gasteiger partial charge in [0.05, 0.1) is 17.8 Å². The zero-order valence-corrected chi connectivity index (χ0v) is 19.7. The van der Waals surface area contributed by atoms with Gasteiger partial charge in [0, 0.05) is 28.8 Å². The maximum absolute atomic E-state index is 12.4. The first kappa shape index (κ1) is 24.4. The Hall–Kier alpha value is -2.90. The van der Waals surface area contributed by atoms with Crippen molar-refractivity contribution in [1.82, 2.24) is 9.55 Å². The molecule has 0 spiro atoms. The second-order valence-electron chi connectivity index (χ2n) is 9.83. The highest BCUT2D eigenvalue weighted by Gasteiger charge is 2.54. The van der Waals surface area contributed by atoms with E-state index in [9.17, 15) is 30.3 Å². The van der Waals surface area contributed by atoms with Crippen LogP contribution in [-0.4, -0.2) is 84.7 Å². The molecule has 1 aromatic carbocycles. The fourth-order valence-corrected chi connectivity index (χ4v) is 6.02. The van der Waals surface area contributed by atoms with Crippen LogP contribution >= 0.6 is 0 Å². The van der Waals surface area contributed by atoms with Crippen LogP contribution in [0.1, 0.15) is 11.9 Å². The van der Waals surface area contributed by atoms with Gasteiger partial charge in [-0.05, 0) is 24.5 Å². The van der Waals surface area contributed by atoms with Crippen molar-refractivity contribution in [2.45, 2.75) is 49.6 Å². The minimum Gasteiger partial charge on any atom is -0.481 e.